The van der Waals surface area contributed by atoms with Gasteiger partial charge in [-0.15, -0.1) is 0 Å². The van der Waals surface area contributed by atoms with Crippen molar-refractivity contribution in [3.05, 3.63) is 69.6 Å². The number of carbonyl (C=O) groups excluding carboxylic acids is 2. The molecule has 3 N–H and O–H groups in total. The molecule has 0 bridgehead atoms. The Morgan fingerprint density at radius 1 is 1.03 bits per heavy atom. The Kier molecular flexibility index (Phi) is 5.40. The minimum atomic E-state index is -1.33. The summed E-state index contributed by atoms with van der Waals surface area (Å²) in [6, 6.07) is 10.6. The number of nitrogens with one attached hydrogen (secondary N) is 2. The van der Waals surface area contributed by atoms with E-state index in [2.05, 4.69) is 15.7 Å². The van der Waals surface area contributed by atoms with Crippen LogP contribution in [0.1, 0.15) is 21.6 Å². The van der Waals surface area contributed by atoms with Crippen molar-refractivity contribution in [1.29, 1.82) is 0 Å². The maximum absolute atomic E-state index is 12.5. The van der Waals surface area contributed by atoms with Crippen LogP contribution in [0.25, 0.3) is 10.8 Å². The van der Waals surface area contributed by atoms with E-state index in [1.165, 1.54) is 12.1 Å². The number of nitrogens with zero attached hydrogens (tertiary/aromatic N) is 2. The lowest BCUT2D eigenvalue weighted by atomic mass is 10.1. The molecule has 0 aliphatic heterocycles. The van der Waals surface area contributed by atoms with Crippen LogP contribution in [0.5, 0.6) is 0 Å². The van der Waals surface area contributed by atoms with E-state index in [4.69, 9.17) is 0 Å². The highest BCUT2D eigenvalue weighted by Crippen LogP contribution is 2.14. The number of amides is 3. The Labute approximate surface area is 165 Å². The number of benzene rings is 2. The summed E-state index contributed by atoms with van der Waals surface area (Å²) in [4.78, 5) is 48.2. The fourth-order valence-electron chi connectivity index (χ4n) is 2.78. The second-order valence-corrected chi connectivity index (χ2v) is 6.46. The van der Waals surface area contributed by atoms with Crippen LogP contribution in [0.3, 0.4) is 0 Å². The normalized spacial score (nSPS) is 10.6. The molecule has 0 saturated carbocycles. The number of hydrogen-bond acceptors (Lipinski definition) is 5. The van der Waals surface area contributed by atoms with E-state index >= 15 is 0 Å². The molecule has 0 spiro atoms. The predicted octanol–water partition coefficient (Wildman–Crippen LogP) is 2.06. The molecule has 148 valence electrons. The van der Waals surface area contributed by atoms with Gasteiger partial charge < -0.3 is 10.4 Å². The Bertz CT molecular complexity index is 1200. The molecule has 0 aliphatic carbocycles. The highest BCUT2D eigenvalue weighted by atomic mass is 16.4. The lowest BCUT2D eigenvalue weighted by Gasteiger charge is -2.10. The summed E-state index contributed by atoms with van der Waals surface area (Å²) in [6.07, 6.45) is 0. The van der Waals surface area contributed by atoms with Crippen molar-refractivity contribution in [2.24, 2.45) is 0 Å². The van der Waals surface area contributed by atoms with E-state index in [0.717, 1.165) is 15.8 Å². The molecular formula is C20H18N4O5. The molecule has 0 fully saturated rings. The number of aromatic carboxylic acids is 1. The van der Waals surface area contributed by atoms with Crippen molar-refractivity contribution in [2.75, 3.05) is 5.32 Å². The molecule has 29 heavy (non-hydrogen) atoms. The zero-order chi connectivity index (χ0) is 21.1. The Balaban J connectivity index is 1.78. The topological polar surface area (TPSA) is 130 Å². The van der Waals surface area contributed by atoms with Crippen molar-refractivity contribution in [2.45, 2.75) is 20.4 Å². The van der Waals surface area contributed by atoms with Gasteiger partial charge in [-0.3, -0.25) is 14.9 Å². The standard InChI is InChI=1S/C20H18N4O5/c1-11-7-8-13(9-12(11)2)21-20(29)22-16(25)10-24-18(26)15-6-4-3-5-14(15)17(23-24)19(27)28/h3-9H,10H2,1-2H3,(H,27,28)(H2,21,22,25,29). The second-order valence-electron chi connectivity index (χ2n) is 6.46. The first-order valence-corrected chi connectivity index (χ1v) is 8.67. The van der Waals surface area contributed by atoms with Gasteiger partial charge in [0.15, 0.2) is 5.69 Å². The molecule has 9 nitrogen and oxygen atoms in total. The molecule has 1 heterocycles. The number of aromatic nitrogens is 2. The number of aryl methyl sites for hydroxylation is 2. The minimum Gasteiger partial charge on any atom is -0.476 e. The van der Waals surface area contributed by atoms with Crippen molar-refractivity contribution in [1.82, 2.24) is 15.1 Å². The van der Waals surface area contributed by atoms with Gasteiger partial charge >= 0.3 is 12.0 Å². The van der Waals surface area contributed by atoms with Crippen molar-refractivity contribution >= 4 is 34.4 Å². The molecule has 9 heteroatoms. The Hall–Kier alpha value is -4.01. The fraction of sp³-hybridized carbons (Fsp3) is 0.150. The number of carbonyl (C=O) groups is 3. The molecule has 0 aliphatic rings. The number of carboxylic acids is 1. The third kappa shape index (κ3) is 4.29. The van der Waals surface area contributed by atoms with Gasteiger partial charge in [-0.1, -0.05) is 24.3 Å². The molecule has 3 rings (SSSR count). The van der Waals surface area contributed by atoms with Gasteiger partial charge in [0.25, 0.3) is 5.56 Å². The largest absolute Gasteiger partial charge is 0.476 e. The van der Waals surface area contributed by atoms with Crippen LogP contribution in [-0.4, -0.2) is 32.8 Å². The lowest BCUT2D eigenvalue weighted by Crippen LogP contribution is -2.39. The number of hydrogen-bond donors (Lipinski definition) is 3. The maximum atomic E-state index is 12.5. The molecule has 1 aromatic heterocycles. The van der Waals surface area contributed by atoms with Gasteiger partial charge in [0.2, 0.25) is 5.91 Å². The first-order valence-electron chi connectivity index (χ1n) is 8.67. The van der Waals surface area contributed by atoms with Crippen LogP contribution < -0.4 is 16.2 Å². The van der Waals surface area contributed by atoms with E-state index in [-0.39, 0.29) is 16.5 Å². The average Bonchev–Trinajstić information content (AvgIpc) is 2.66. The van der Waals surface area contributed by atoms with Gasteiger partial charge in [-0.25, -0.2) is 14.3 Å². The van der Waals surface area contributed by atoms with Gasteiger partial charge in [0.1, 0.15) is 6.54 Å². The number of rotatable bonds is 4. The summed E-state index contributed by atoms with van der Waals surface area (Å²) in [5.74, 6) is -2.14. The first kappa shape index (κ1) is 19.7. The van der Waals surface area contributed by atoms with Crippen LogP contribution in [0.15, 0.2) is 47.3 Å². The summed E-state index contributed by atoms with van der Waals surface area (Å²) in [5, 5.41) is 18.0. The molecule has 0 saturated heterocycles. The van der Waals surface area contributed by atoms with Crippen molar-refractivity contribution in [3.8, 4) is 0 Å². The predicted molar refractivity (Wildman–Crippen MR) is 106 cm³/mol. The number of fused-ring (bicyclic) bond motifs is 1. The number of anilines is 1. The molecular weight excluding hydrogens is 376 g/mol. The summed E-state index contributed by atoms with van der Waals surface area (Å²) in [5.41, 5.74) is 1.56. The molecule has 3 aromatic rings. The second kappa shape index (κ2) is 7.93. The van der Waals surface area contributed by atoms with Crippen LogP contribution in [0, 0.1) is 13.8 Å². The number of carboxylic acid groups (broad SMARTS) is 1. The lowest BCUT2D eigenvalue weighted by molar-refractivity contribution is -0.120. The zero-order valence-corrected chi connectivity index (χ0v) is 15.7. The number of imide groups is 1. The van der Waals surface area contributed by atoms with E-state index in [1.54, 1.807) is 24.3 Å². The third-order valence-electron chi connectivity index (χ3n) is 4.38. The monoisotopic (exact) mass is 394 g/mol. The highest BCUT2D eigenvalue weighted by molar-refractivity contribution is 6.02. The summed E-state index contributed by atoms with van der Waals surface area (Å²) in [6.45, 7) is 3.22. The van der Waals surface area contributed by atoms with Crippen LogP contribution in [0.2, 0.25) is 0 Å². The van der Waals surface area contributed by atoms with Crippen molar-refractivity contribution in [3.63, 3.8) is 0 Å². The molecule has 3 amide bonds. The SMILES string of the molecule is Cc1ccc(NC(=O)NC(=O)Cn2nc(C(=O)O)c3ccccc3c2=O)cc1C. The van der Waals surface area contributed by atoms with Crippen molar-refractivity contribution < 1.29 is 19.5 Å². The maximum Gasteiger partial charge on any atom is 0.357 e. The summed E-state index contributed by atoms with van der Waals surface area (Å²) >= 11 is 0. The van der Waals surface area contributed by atoms with Gasteiger partial charge in [-0.05, 0) is 43.2 Å². The molecule has 2 aromatic carbocycles. The quantitative estimate of drug-likeness (QED) is 0.621. The van der Waals surface area contributed by atoms with E-state index in [0.29, 0.717) is 5.69 Å². The summed E-state index contributed by atoms with van der Waals surface area (Å²) in [7, 11) is 0. The average molecular weight is 394 g/mol. The zero-order valence-electron chi connectivity index (χ0n) is 15.7. The van der Waals surface area contributed by atoms with Gasteiger partial charge in [0, 0.05) is 11.1 Å². The molecule has 0 radical (unpaired) electrons. The van der Waals surface area contributed by atoms with E-state index in [1.807, 2.05) is 19.9 Å². The van der Waals surface area contributed by atoms with E-state index in [9.17, 15) is 24.3 Å². The van der Waals surface area contributed by atoms with Gasteiger partial charge in [-0.2, -0.15) is 5.10 Å². The van der Waals surface area contributed by atoms with Crippen LogP contribution >= 0.6 is 0 Å². The first-order chi connectivity index (χ1) is 13.8. The fourth-order valence-corrected chi connectivity index (χ4v) is 2.78. The molecule has 0 unspecified atom stereocenters. The third-order valence-corrected chi connectivity index (χ3v) is 4.38. The van der Waals surface area contributed by atoms with Gasteiger partial charge in [0.05, 0.1) is 5.39 Å². The summed E-state index contributed by atoms with van der Waals surface area (Å²) < 4.78 is 0.727. The smallest absolute Gasteiger partial charge is 0.357 e. The Morgan fingerprint density at radius 3 is 2.38 bits per heavy atom. The Morgan fingerprint density at radius 2 is 1.72 bits per heavy atom. The van der Waals surface area contributed by atoms with Crippen LogP contribution in [-0.2, 0) is 11.3 Å². The van der Waals surface area contributed by atoms with Crippen LogP contribution in [0.4, 0.5) is 10.5 Å². The minimum absolute atomic E-state index is 0.118. The van der Waals surface area contributed by atoms with E-state index < -0.39 is 30.0 Å². The highest BCUT2D eigenvalue weighted by Gasteiger charge is 2.18. The molecule has 0 atom stereocenters. The number of urea groups is 1.